The van der Waals surface area contributed by atoms with E-state index in [9.17, 15) is 4.79 Å². The maximum absolute atomic E-state index is 12.6. The molecule has 1 heterocycles. The first-order chi connectivity index (χ1) is 17.5. The number of hydrogen-bond acceptors (Lipinski definition) is 6. The molecule has 1 atom stereocenters. The van der Waals surface area contributed by atoms with Gasteiger partial charge in [-0.1, -0.05) is 59.8 Å². The van der Waals surface area contributed by atoms with Crippen LogP contribution in [-0.4, -0.2) is 17.4 Å². The Morgan fingerprint density at radius 3 is 2.14 bits per heavy atom. The van der Waals surface area contributed by atoms with Crippen LogP contribution in [0.1, 0.15) is 74.3 Å². The van der Waals surface area contributed by atoms with Gasteiger partial charge in [0.15, 0.2) is 5.76 Å². The van der Waals surface area contributed by atoms with Gasteiger partial charge in [0, 0.05) is 5.56 Å². The predicted molar refractivity (Wildman–Crippen MR) is 134 cm³/mol. The van der Waals surface area contributed by atoms with E-state index in [0.29, 0.717) is 23.1 Å². The summed E-state index contributed by atoms with van der Waals surface area (Å²) < 4.78 is 11.1. The van der Waals surface area contributed by atoms with Crippen LogP contribution >= 0.6 is 0 Å². The monoisotopic (exact) mass is 488 g/mol. The number of aromatic nitrogens is 1. The highest BCUT2D eigenvalue weighted by molar-refractivity contribution is 5.90. The van der Waals surface area contributed by atoms with Crippen LogP contribution < -0.4 is 5.32 Å². The highest BCUT2D eigenvalue weighted by Crippen LogP contribution is 2.47. The molecule has 0 saturated heterocycles. The third-order valence-electron chi connectivity index (χ3n) is 7.35. The number of rotatable bonds is 6. The lowest BCUT2D eigenvalue weighted by Gasteiger charge is -2.28. The molecule has 188 valence electrons. The normalized spacial score (nSPS) is 19.8. The summed E-state index contributed by atoms with van der Waals surface area (Å²) in [5, 5.41) is 6.92. The van der Waals surface area contributed by atoms with Crippen LogP contribution in [0.5, 0.6) is 0 Å². The first-order valence-electron chi connectivity index (χ1n) is 12.6. The minimum absolute atomic E-state index is 0.250. The van der Waals surface area contributed by atoms with Crippen LogP contribution in [0.3, 0.4) is 0 Å². The van der Waals surface area contributed by atoms with Crippen molar-refractivity contribution in [2.75, 3.05) is 5.32 Å². The Morgan fingerprint density at radius 1 is 0.972 bits per heavy atom. The van der Waals surface area contributed by atoms with Crippen molar-refractivity contribution in [3.63, 3.8) is 0 Å². The van der Waals surface area contributed by atoms with Crippen molar-refractivity contribution in [2.45, 2.75) is 64.4 Å². The van der Waals surface area contributed by atoms with E-state index in [1.165, 1.54) is 44.1 Å². The van der Waals surface area contributed by atoms with E-state index >= 15 is 0 Å². The minimum atomic E-state index is -0.525. The van der Waals surface area contributed by atoms with Crippen LogP contribution in [-0.2, 0) is 14.3 Å². The van der Waals surface area contributed by atoms with E-state index in [0.717, 1.165) is 23.0 Å². The zero-order valence-electron chi connectivity index (χ0n) is 20.7. The largest absolute Gasteiger partial charge is 0.441 e. The molecule has 36 heavy (non-hydrogen) atoms. The van der Waals surface area contributed by atoms with Crippen LogP contribution in [0.25, 0.3) is 11.3 Å². The molecule has 3 aromatic rings. The molecule has 2 fully saturated rings. The molecule has 2 aromatic carbocycles. The number of carbonyl (C=O) groups excluding carboxylic acids is 3. The number of nitrogens with one attached hydrogen (secondary N) is 1. The van der Waals surface area contributed by atoms with Gasteiger partial charge >= 0.3 is 12.2 Å². The Balaban J connectivity index is 0.000000967. The second kappa shape index (κ2) is 11.8. The maximum Gasteiger partial charge on any atom is 0.412 e. The van der Waals surface area contributed by atoms with Gasteiger partial charge in [-0.05, 0) is 81.3 Å². The molecule has 0 bridgehead atoms. The maximum atomic E-state index is 12.6. The van der Waals surface area contributed by atoms with Crippen molar-refractivity contribution in [3.05, 3.63) is 71.4 Å². The van der Waals surface area contributed by atoms with Gasteiger partial charge in [-0.15, -0.1) is 0 Å². The lowest BCUT2D eigenvalue weighted by molar-refractivity contribution is -0.191. The van der Waals surface area contributed by atoms with Crippen LogP contribution in [0.15, 0.2) is 59.1 Å². The van der Waals surface area contributed by atoms with Crippen molar-refractivity contribution in [2.24, 2.45) is 11.8 Å². The summed E-state index contributed by atoms with van der Waals surface area (Å²) in [5.74, 6) is 3.20. The van der Waals surface area contributed by atoms with Gasteiger partial charge < -0.3 is 9.26 Å². The van der Waals surface area contributed by atoms with Crippen LogP contribution in [0, 0.1) is 18.8 Å². The van der Waals surface area contributed by atoms with Crippen molar-refractivity contribution >= 4 is 17.9 Å². The van der Waals surface area contributed by atoms with E-state index in [-0.39, 0.29) is 12.3 Å². The van der Waals surface area contributed by atoms with Crippen LogP contribution in [0.2, 0.25) is 0 Å². The molecule has 0 spiro atoms. The highest BCUT2D eigenvalue weighted by atomic mass is 16.6. The first kappa shape index (κ1) is 25.4. The number of nitrogens with zero attached hydrogens (tertiary/aromatic N) is 1. The van der Waals surface area contributed by atoms with E-state index in [4.69, 9.17) is 18.8 Å². The molecule has 1 amide bonds. The Morgan fingerprint density at radius 2 is 1.56 bits per heavy atom. The third-order valence-corrected chi connectivity index (χ3v) is 7.35. The number of carbonyl (C=O) groups is 1. The Hall–Kier alpha value is -3.70. The quantitative estimate of drug-likeness (QED) is 0.399. The van der Waals surface area contributed by atoms with E-state index < -0.39 is 6.09 Å². The molecular formula is C29H32N2O5. The summed E-state index contributed by atoms with van der Waals surface area (Å²) in [6, 6.07) is 18.2. The Bertz CT molecular complexity index is 1170. The molecule has 7 heteroatoms. The average Bonchev–Trinajstić information content (AvgIpc) is 3.69. The van der Waals surface area contributed by atoms with Gasteiger partial charge in [-0.3, -0.25) is 5.32 Å². The van der Waals surface area contributed by atoms with Gasteiger partial charge in [0.25, 0.3) is 0 Å². The number of anilines is 1. The fourth-order valence-electron chi connectivity index (χ4n) is 5.20. The zero-order valence-corrected chi connectivity index (χ0v) is 20.7. The number of ether oxygens (including phenoxy) is 1. The molecule has 2 aliphatic rings. The molecule has 0 aliphatic heterocycles. The van der Waals surface area contributed by atoms with Crippen molar-refractivity contribution in [1.82, 2.24) is 5.16 Å². The average molecular weight is 489 g/mol. The van der Waals surface area contributed by atoms with Gasteiger partial charge in [0.1, 0.15) is 17.5 Å². The highest BCUT2D eigenvalue weighted by Gasteiger charge is 2.34. The van der Waals surface area contributed by atoms with E-state index in [2.05, 4.69) is 34.7 Å². The number of amides is 1. The molecule has 0 radical (unpaired) electrons. The Labute approximate surface area is 211 Å². The number of aryl methyl sites for hydroxylation is 1. The summed E-state index contributed by atoms with van der Waals surface area (Å²) in [4.78, 5) is 28.8. The van der Waals surface area contributed by atoms with Crippen molar-refractivity contribution < 1.29 is 23.6 Å². The molecule has 5 rings (SSSR count). The van der Waals surface area contributed by atoms with Crippen LogP contribution in [0.4, 0.5) is 10.5 Å². The second-order valence-corrected chi connectivity index (χ2v) is 9.71. The summed E-state index contributed by atoms with van der Waals surface area (Å²) in [6.45, 7) is 3.67. The van der Waals surface area contributed by atoms with E-state index in [1.807, 2.05) is 44.2 Å². The summed E-state index contributed by atoms with van der Waals surface area (Å²) >= 11 is 0. The minimum Gasteiger partial charge on any atom is -0.441 e. The van der Waals surface area contributed by atoms with Gasteiger partial charge in [-0.2, -0.15) is 9.59 Å². The molecule has 2 aliphatic carbocycles. The molecule has 2 saturated carbocycles. The fourth-order valence-corrected chi connectivity index (χ4v) is 5.20. The molecule has 1 unspecified atom stereocenters. The summed E-state index contributed by atoms with van der Waals surface area (Å²) in [7, 11) is 0. The molecule has 1 aromatic heterocycles. The smallest absolute Gasteiger partial charge is 0.412 e. The second-order valence-electron chi connectivity index (χ2n) is 9.71. The van der Waals surface area contributed by atoms with Gasteiger partial charge in [0.05, 0.1) is 0 Å². The predicted octanol–water partition coefficient (Wildman–Crippen LogP) is 7.06. The number of benzene rings is 2. The molecular weight excluding hydrogens is 456 g/mol. The third kappa shape index (κ3) is 6.29. The summed E-state index contributed by atoms with van der Waals surface area (Å²) in [5.41, 5.74) is 4.42. The lowest BCUT2D eigenvalue weighted by Crippen LogP contribution is -2.16. The van der Waals surface area contributed by atoms with Gasteiger partial charge in [0.2, 0.25) is 0 Å². The van der Waals surface area contributed by atoms with Crippen molar-refractivity contribution in [3.8, 4) is 11.3 Å². The molecule has 1 N–H and O–H groups in total. The fraction of sp³-hybridized carbons (Fsp3) is 0.414. The lowest BCUT2D eigenvalue weighted by atomic mass is 9.77. The van der Waals surface area contributed by atoms with E-state index in [1.54, 1.807) is 0 Å². The standard InChI is InChI=1S/C28H32N2O3.CO2/c1-18-26(29-28(31)32-19(2)20-6-4-3-5-7-20)27(33-30-18)25-16-14-24(15-17-25)23-12-10-22(11-13-23)21-8-9-21;2-1-3/h3-7,14-17,19,21-23H,8-13H2,1-2H3,(H,29,31);. The Kier molecular flexibility index (Phi) is 8.34. The zero-order chi connectivity index (χ0) is 25.5. The molecule has 7 nitrogen and oxygen atoms in total. The SMILES string of the molecule is Cc1noc(-c2ccc(C3CCC(C4CC4)CC3)cc2)c1NC(=O)OC(C)c1ccccc1.O=C=O. The first-order valence-corrected chi connectivity index (χ1v) is 12.6. The summed E-state index contributed by atoms with van der Waals surface area (Å²) in [6.07, 6.45) is 7.60. The van der Waals surface area contributed by atoms with Gasteiger partial charge in [-0.25, -0.2) is 4.79 Å². The van der Waals surface area contributed by atoms with Crippen molar-refractivity contribution in [1.29, 1.82) is 0 Å². The number of hydrogen-bond donors (Lipinski definition) is 1. The topological polar surface area (TPSA) is 98.5 Å².